The van der Waals surface area contributed by atoms with Gasteiger partial charge < -0.3 is 14.9 Å². The highest BCUT2D eigenvalue weighted by Gasteiger charge is 2.39. The lowest BCUT2D eigenvalue weighted by atomic mass is 10.1. The molecule has 2 aliphatic rings. The topological polar surface area (TPSA) is 91.5 Å². The zero-order chi connectivity index (χ0) is 17.6. The molecule has 2 aromatic heterocycles. The van der Waals surface area contributed by atoms with Gasteiger partial charge in [-0.1, -0.05) is 5.16 Å². The van der Waals surface area contributed by atoms with E-state index in [1.54, 1.807) is 13.0 Å². The fourth-order valence-corrected chi connectivity index (χ4v) is 4.23. The van der Waals surface area contributed by atoms with E-state index in [9.17, 15) is 9.90 Å². The van der Waals surface area contributed by atoms with Crippen LogP contribution < -0.4 is 5.32 Å². The van der Waals surface area contributed by atoms with Crippen molar-refractivity contribution in [3.63, 3.8) is 0 Å². The van der Waals surface area contributed by atoms with Gasteiger partial charge in [-0.05, 0) is 58.7 Å². The molecule has 7 heteroatoms. The predicted octanol–water partition coefficient (Wildman–Crippen LogP) is 1.56. The van der Waals surface area contributed by atoms with E-state index in [4.69, 9.17) is 4.52 Å². The van der Waals surface area contributed by atoms with E-state index in [0.29, 0.717) is 28.1 Å². The largest absolute Gasteiger partial charge is 0.389 e. The van der Waals surface area contributed by atoms with Gasteiger partial charge in [-0.25, -0.2) is 4.98 Å². The van der Waals surface area contributed by atoms with E-state index in [1.807, 2.05) is 6.92 Å². The van der Waals surface area contributed by atoms with Gasteiger partial charge >= 0.3 is 0 Å². The summed E-state index contributed by atoms with van der Waals surface area (Å²) in [4.78, 5) is 19.5. The number of aliphatic hydroxyl groups excluding tert-OH is 1. The van der Waals surface area contributed by atoms with Crippen LogP contribution in [0.4, 0.5) is 0 Å². The molecule has 0 radical (unpaired) electrons. The van der Waals surface area contributed by atoms with Gasteiger partial charge in [0.1, 0.15) is 0 Å². The zero-order valence-corrected chi connectivity index (χ0v) is 14.7. The number of hydrogen-bond donors (Lipinski definition) is 2. The molecule has 1 saturated carbocycles. The van der Waals surface area contributed by atoms with Crippen LogP contribution in [0.15, 0.2) is 10.6 Å². The number of pyridine rings is 1. The Bertz CT molecular complexity index is 797. The molecule has 3 atom stereocenters. The van der Waals surface area contributed by atoms with Crippen LogP contribution in [0, 0.1) is 13.8 Å². The van der Waals surface area contributed by atoms with Crippen LogP contribution >= 0.6 is 0 Å². The molecule has 2 fully saturated rings. The smallest absolute Gasteiger partial charge is 0.258 e. The van der Waals surface area contributed by atoms with Crippen molar-refractivity contribution < 1.29 is 14.4 Å². The highest BCUT2D eigenvalue weighted by molar-refractivity contribution is 6.06. The third-order valence-electron chi connectivity index (χ3n) is 5.50. The number of nitrogens with zero attached hydrogens (tertiary/aromatic N) is 3. The van der Waals surface area contributed by atoms with Gasteiger partial charge in [0, 0.05) is 11.7 Å². The molecule has 1 aliphatic carbocycles. The molecule has 0 spiro atoms. The monoisotopic (exact) mass is 344 g/mol. The fourth-order valence-electron chi connectivity index (χ4n) is 4.23. The molecule has 25 heavy (non-hydrogen) atoms. The van der Waals surface area contributed by atoms with Crippen molar-refractivity contribution in [2.75, 3.05) is 13.1 Å². The summed E-state index contributed by atoms with van der Waals surface area (Å²) in [5.74, 6) is -0.201. The van der Waals surface area contributed by atoms with Crippen molar-refractivity contribution in [3.05, 3.63) is 23.0 Å². The summed E-state index contributed by atoms with van der Waals surface area (Å²) in [6, 6.07) is 1.69. The average molecular weight is 344 g/mol. The zero-order valence-electron chi connectivity index (χ0n) is 14.7. The highest BCUT2D eigenvalue weighted by Crippen LogP contribution is 2.28. The van der Waals surface area contributed by atoms with E-state index >= 15 is 0 Å². The van der Waals surface area contributed by atoms with E-state index in [0.717, 1.165) is 25.9 Å². The molecule has 0 aromatic carbocycles. The summed E-state index contributed by atoms with van der Waals surface area (Å²) < 4.78 is 5.20. The minimum absolute atomic E-state index is 0.157. The lowest BCUT2D eigenvalue weighted by Gasteiger charge is -2.28. The lowest BCUT2D eigenvalue weighted by molar-refractivity contribution is 0.0620. The Morgan fingerprint density at radius 3 is 2.84 bits per heavy atom. The number of aromatic nitrogens is 2. The predicted molar refractivity (Wildman–Crippen MR) is 92.4 cm³/mol. The Morgan fingerprint density at radius 1 is 1.32 bits per heavy atom. The van der Waals surface area contributed by atoms with Crippen molar-refractivity contribution in [1.82, 2.24) is 20.4 Å². The second-order valence-electron chi connectivity index (χ2n) is 7.22. The summed E-state index contributed by atoms with van der Waals surface area (Å²) in [5, 5.41) is 18.3. The Labute approximate surface area is 146 Å². The summed E-state index contributed by atoms with van der Waals surface area (Å²) in [6.07, 6.45) is 3.58. The third kappa shape index (κ3) is 2.91. The molecule has 0 unspecified atom stereocenters. The van der Waals surface area contributed by atoms with Crippen molar-refractivity contribution in [1.29, 1.82) is 0 Å². The minimum Gasteiger partial charge on any atom is -0.389 e. The van der Waals surface area contributed by atoms with Crippen molar-refractivity contribution >= 4 is 17.0 Å². The summed E-state index contributed by atoms with van der Waals surface area (Å²) in [7, 11) is 0. The minimum atomic E-state index is -0.524. The number of hydrogen-bond acceptors (Lipinski definition) is 6. The first-order valence-electron chi connectivity index (χ1n) is 9.01. The highest BCUT2D eigenvalue weighted by atomic mass is 16.5. The quantitative estimate of drug-likeness (QED) is 0.878. The maximum absolute atomic E-state index is 12.9. The Hall–Kier alpha value is -1.99. The first kappa shape index (κ1) is 16.5. The van der Waals surface area contributed by atoms with Gasteiger partial charge in [0.05, 0.1) is 28.8 Å². The second kappa shape index (κ2) is 6.38. The van der Waals surface area contributed by atoms with Crippen LogP contribution in [0.5, 0.6) is 0 Å². The van der Waals surface area contributed by atoms with Gasteiger partial charge in [0.25, 0.3) is 11.6 Å². The SMILES string of the molecule is Cc1cc(C(=O)N[C@@H]2CC[C@@H](N3CCCC3)[C@@H]2O)c2c(C)noc2n1. The molecule has 7 nitrogen and oxygen atoms in total. The number of nitrogens with one attached hydrogen (secondary N) is 1. The van der Waals surface area contributed by atoms with Gasteiger partial charge in [0.2, 0.25) is 0 Å². The molecule has 2 aromatic rings. The number of likely N-dealkylation sites (tertiary alicyclic amines) is 1. The van der Waals surface area contributed by atoms with Gasteiger partial charge in [-0.2, -0.15) is 0 Å². The Morgan fingerprint density at radius 2 is 2.08 bits per heavy atom. The number of rotatable bonds is 3. The Kier molecular flexibility index (Phi) is 4.21. The third-order valence-corrected chi connectivity index (χ3v) is 5.50. The van der Waals surface area contributed by atoms with E-state index < -0.39 is 6.10 Å². The van der Waals surface area contributed by atoms with Crippen molar-refractivity contribution in [3.8, 4) is 0 Å². The van der Waals surface area contributed by atoms with E-state index in [-0.39, 0.29) is 18.0 Å². The normalized spacial score (nSPS) is 27.2. The first-order chi connectivity index (χ1) is 12.0. The molecule has 4 rings (SSSR count). The van der Waals surface area contributed by atoms with E-state index in [1.165, 1.54) is 12.8 Å². The van der Waals surface area contributed by atoms with Crippen LogP contribution in [-0.4, -0.2) is 57.3 Å². The standard InChI is InChI=1S/C18H24N4O3/c1-10-9-12(15-11(2)21-25-18(15)19-10)17(24)20-13-5-6-14(16(13)23)22-7-3-4-8-22/h9,13-14,16,23H,3-8H2,1-2H3,(H,20,24)/t13-,14-,16-/m1/s1. The number of carbonyl (C=O) groups excluding carboxylic acids is 1. The molecule has 3 heterocycles. The van der Waals surface area contributed by atoms with Crippen LogP contribution in [0.1, 0.15) is 47.4 Å². The lowest BCUT2D eigenvalue weighted by Crippen LogP contribution is -2.47. The number of amides is 1. The number of aliphatic hydroxyl groups is 1. The van der Waals surface area contributed by atoms with E-state index in [2.05, 4.69) is 20.4 Å². The van der Waals surface area contributed by atoms with Crippen LogP contribution in [0.25, 0.3) is 11.1 Å². The molecule has 134 valence electrons. The van der Waals surface area contributed by atoms with Crippen LogP contribution in [0.2, 0.25) is 0 Å². The summed E-state index contributed by atoms with van der Waals surface area (Å²) in [5.41, 5.74) is 2.24. The summed E-state index contributed by atoms with van der Waals surface area (Å²) in [6.45, 7) is 5.72. The molecule has 1 aliphatic heterocycles. The first-order valence-corrected chi connectivity index (χ1v) is 9.01. The van der Waals surface area contributed by atoms with Crippen LogP contribution in [-0.2, 0) is 0 Å². The van der Waals surface area contributed by atoms with Gasteiger partial charge in [-0.3, -0.25) is 9.69 Å². The van der Waals surface area contributed by atoms with Crippen molar-refractivity contribution in [2.24, 2.45) is 0 Å². The Balaban J connectivity index is 1.54. The van der Waals surface area contributed by atoms with Gasteiger partial charge in [0.15, 0.2) is 0 Å². The van der Waals surface area contributed by atoms with Gasteiger partial charge in [-0.15, -0.1) is 0 Å². The maximum atomic E-state index is 12.9. The number of aryl methyl sites for hydroxylation is 2. The fraction of sp³-hybridized carbons (Fsp3) is 0.611. The summed E-state index contributed by atoms with van der Waals surface area (Å²) >= 11 is 0. The molecule has 0 bridgehead atoms. The number of fused-ring (bicyclic) bond motifs is 1. The molecular formula is C18H24N4O3. The molecule has 1 amide bonds. The van der Waals surface area contributed by atoms with Crippen LogP contribution in [0.3, 0.4) is 0 Å². The maximum Gasteiger partial charge on any atom is 0.258 e. The van der Waals surface area contributed by atoms with Crippen molar-refractivity contribution in [2.45, 2.75) is 57.7 Å². The molecular weight excluding hydrogens is 320 g/mol. The average Bonchev–Trinajstić information content (AvgIpc) is 3.29. The number of carbonyl (C=O) groups is 1. The molecule has 2 N–H and O–H groups in total. The molecule has 1 saturated heterocycles. The second-order valence-corrected chi connectivity index (χ2v) is 7.22.